The van der Waals surface area contributed by atoms with Crippen LogP contribution in [-0.2, 0) is 6.54 Å². The van der Waals surface area contributed by atoms with Crippen LogP contribution in [0.1, 0.15) is 29.0 Å². The Kier molecular flexibility index (Phi) is 5.73. The zero-order valence-electron chi connectivity index (χ0n) is 13.4. The van der Waals surface area contributed by atoms with E-state index in [1.165, 1.54) is 12.4 Å². The molecule has 0 bridgehead atoms. The zero-order chi connectivity index (χ0) is 17.8. The number of ether oxygens (including phenoxy) is 1. The number of likely N-dealkylation sites (tertiary alicyclic amines) is 1. The van der Waals surface area contributed by atoms with Gasteiger partial charge in [0.2, 0.25) is 0 Å². The summed E-state index contributed by atoms with van der Waals surface area (Å²) < 4.78 is 6.01. The molecule has 1 aromatic heterocycles. The molecule has 1 fully saturated rings. The van der Waals surface area contributed by atoms with Crippen LogP contribution in [-0.4, -0.2) is 45.1 Å². The highest BCUT2D eigenvalue weighted by Crippen LogP contribution is 2.28. The summed E-state index contributed by atoms with van der Waals surface area (Å²) in [7, 11) is 0. The van der Waals surface area contributed by atoms with Gasteiger partial charge in [0.25, 0.3) is 0 Å². The summed E-state index contributed by atoms with van der Waals surface area (Å²) in [5, 5.41) is 9.84. The predicted octanol–water partition coefficient (Wildman–Crippen LogP) is 3.53. The second-order valence-corrected chi connectivity index (χ2v) is 6.71. The van der Waals surface area contributed by atoms with Gasteiger partial charge < -0.3 is 9.84 Å². The normalized spacial score (nSPS) is 18.1. The van der Waals surface area contributed by atoms with Crippen molar-refractivity contribution in [2.24, 2.45) is 0 Å². The summed E-state index contributed by atoms with van der Waals surface area (Å²) in [4.78, 5) is 21.1. The third-order valence-electron chi connectivity index (χ3n) is 3.97. The Hall–Kier alpha value is -1.89. The molecule has 1 aliphatic rings. The second kappa shape index (κ2) is 7.99. The maximum absolute atomic E-state index is 10.8. The maximum atomic E-state index is 10.8. The van der Waals surface area contributed by atoms with E-state index in [-0.39, 0.29) is 11.8 Å². The van der Waals surface area contributed by atoms with Crippen LogP contribution in [0.25, 0.3) is 0 Å². The second-order valence-electron chi connectivity index (χ2n) is 5.89. The van der Waals surface area contributed by atoms with Crippen LogP contribution in [0.15, 0.2) is 30.6 Å². The van der Waals surface area contributed by atoms with Crippen molar-refractivity contribution < 1.29 is 14.6 Å². The van der Waals surface area contributed by atoms with E-state index in [4.69, 9.17) is 33.0 Å². The lowest BCUT2D eigenvalue weighted by atomic mass is 10.1. The van der Waals surface area contributed by atoms with Gasteiger partial charge in [-0.1, -0.05) is 23.2 Å². The Morgan fingerprint density at radius 1 is 1.28 bits per heavy atom. The lowest BCUT2D eigenvalue weighted by Gasteiger charge is -2.32. The smallest absolute Gasteiger partial charge is 0.356 e. The summed E-state index contributed by atoms with van der Waals surface area (Å²) in [5.74, 6) is -0.376. The van der Waals surface area contributed by atoms with Crippen molar-refractivity contribution in [3.63, 3.8) is 0 Å². The first kappa shape index (κ1) is 17.9. The average molecular weight is 382 g/mol. The van der Waals surface area contributed by atoms with E-state index in [0.717, 1.165) is 31.6 Å². The maximum Gasteiger partial charge on any atom is 0.356 e. The minimum Gasteiger partial charge on any atom is -0.489 e. The number of hydrogen-bond acceptors (Lipinski definition) is 5. The molecule has 1 saturated heterocycles. The minimum absolute atomic E-state index is 0.0526. The SMILES string of the molecule is O=C(O)c1cnc(CN2CCCC(Oc3ccc(Cl)c(Cl)c3)C2)cn1. The molecular weight excluding hydrogens is 365 g/mol. The van der Waals surface area contributed by atoms with Crippen molar-refractivity contribution in [2.75, 3.05) is 13.1 Å². The molecule has 8 heteroatoms. The number of halogens is 2. The van der Waals surface area contributed by atoms with Crippen molar-refractivity contribution in [3.05, 3.63) is 52.0 Å². The molecule has 25 heavy (non-hydrogen) atoms. The molecule has 2 aromatic rings. The number of benzene rings is 1. The summed E-state index contributed by atoms with van der Waals surface area (Å²) in [5.41, 5.74) is 0.684. The zero-order valence-corrected chi connectivity index (χ0v) is 14.9. The summed E-state index contributed by atoms with van der Waals surface area (Å²) in [6, 6.07) is 5.25. The van der Waals surface area contributed by atoms with Gasteiger partial charge in [-0.3, -0.25) is 9.88 Å². The molecule has 3 rings (SSSR count). The van der Waals surface area contributed by atoms with Gasteiger partial charge in [0, 0.05) is 19.2 Å². The molecular formula is C17H17Cl2N3O3. The number of rotatable bonds is 5. The van der Waals surface area contributed by atoms with E-state index < -0.39 is 5.97 Å². The molecule has 132 valence electrons. The van der Waals surface area contributed by atoms with E-state index in [0.29, 0.717) is 22.3 Å². The number of aromatic carboxylic acids is 1. The lowest BCUT2D eigenvalue weighted by Crippen LogP contribution is -2.40. The number of piperidine rings is 1. The van der Waals surface area contributed by atoms with Gasteiger partial charge >= 0.3 is 5.97 Å². The molecule has 6 nitrogen and oxygen atoms in total. The Bertz CT molecular complexity index is 755. The van der Waals surface area contributed by atoms with Gasteiger partial charge in [0.05, 0.1) is 28.1 Å². The minimum atomic E-state index is -1.08. The van der Waals surface area contributed by atoms with Crippen LogP contribution >= 0.6 is 23.2 Å². The Morgan fingerprint density at radius 2 is 2.12 bits per heavy atom. The molecule has 1 unspecified atom stereocenters. The van der Waals surface area contributed by atoms with Gasteiger partial charge in [-0.2, -0.15) is 0 Å². The standard InChI is InChI=1S/C17H17Cl2N3O3/c18-14-4-3-12(6-15(14)19)25-13-2-1-5-22(10-13)9-11-7-21-16(8-20-11)17(23)24/h3-4,6-8,13H,1-2,5,9-10H2,(H,23,24). The number of carboxylic acids is 1. The van der Waals surface area contributed by atoms with E-state index in [1.807, 2.05) is 6.07 Å². The molecule has 0 spiro atoms. The van der Waals surface area contributed by atoms with E-state index in [9.17, 15) is 4.79 Å². The van der Waals surface area contributed by atoms with Crippen LogP contribution in [0.3, 0.4) is 0 Å². The highest BCUT2D eigenvalue weighted by atomic mass is 35.5. The molecule has 1 N–H and O–H groups in total. The summed E-state index contributed by atoms with van der Waals surface area (Å²) in [6.07, 6.45) is 4.81. The van der Waals surface area contributed by atoms with Gasteiger partial charge in [0.1, 0.15) is 11.9 Å². The average Bonchev–Trinajstić information content (AvgIpc) is 2.59. The number of nitrogens with zero attached hydrogens (tertiary/aromatic N) is 3. The largest absolute Gasteiger partial charge is 0.489 e. The first-order valence-electron chi connectivity index (χ1n) is 7.89. The first-order valence-corrected chi connectivity index (χ1v) is 8.65. The van der Waals surface area contributed by atoms with Crippen molar-refractivity contribution in [1.29, 1.82) is 0 Å². The van der Waals surface area contributed by atoms with Gasteiger partial charge in [0.15, 0.2) is 5.69 Å². The Morgan fingerprint density at radius 3 is 2.80 bits per heavy atom. The molecule has 2 heterocycles. The van der Waals surface area contributed by atoms with Gasteiger partial charge in [-0.05, 0) is 31.5 Å². The number of aromatic nitrogens is 2. The third-order valence-corrected chi connectivity index (χ3v) is 4.71. The number of carboxylic acid groups (broad SMARTS) is 1. The van der Waals surface area contributed by atoms with Crippen LogP contribution < -0.4 is 4.74 Å². The summed E-state index contributed by atoms with van der Waals surface area (Å²) in [6.45, 7) is 2.29. The number of carbonyl (C=O) groups is 1. The Balaban J connectivity index is 1.58. The molecule has 1 aliphatic heterocycles. The molecule has 0 radical (unpaired) electrons. The fourth-order valence-electron chi connectivity index (χ4n) is 2.77. The summed E-state index contributed by atoms with van der Waals surface area (Å²) >= 11 is 11.9. The molecule has 1 aromatic carbocycles. The van der Waals surface area contributed by atoms with Gasteiger partial charge in [-0.25, -0.2) is 9.78 Å². The highest BCUT2D eigenvalue weighted by molar-refractivity contribution is 6.42. The fraction of sp³-hybridized carbons (Fsp3) is 0.353. The molecule has 0 saturated carbocycles. The van der Waals surface area contributed by atoms with Crippen LogP contribution in [0, 0.1) is 0 Å². The monoisotopic (exact) mass is 381 g/mol. The van der Waals surface area contributed by atoms with Crippen molar-refractivity contribution in [1.82, 2.24) is 14.9 Å². The van der Waals surface area contributed by atoms with Crippen molar-refractivity contribution in [2.45, 2.75) is 25.5 Å². The molecule has 1 atom stereocenters. The van der Waals surface area contributed by atoms with Crippen LogP contribution in [0.2, 0.25) is 10.0 Å². The predicted molar refractivity (Wildman–Crippen MR) is 94.4 cm³/mol. The highest BCUT2D eigenvalue weighted by Gasteiger charge is 2.22. The quantitative estimate of drug-likeness (QED) is 0.853. The topological polar surface area (TPSA) is 75.5 Å². The molecule has 0 aliphatic carbocycles. The van der Waals surface area contributed by atoms with Crippen molar-refractivity contribution in [3.8, 4) is 5.75 Å². The number of hydrogen-bond donors (Lipinski definition) is 1. The first-order chi connectivity index (χ1) is 12.0. The Labute approximate surface area is 155 Å². The van der Waals surface area contributed by atoms with E-state index in [1.54, 1.807) is 12.1 Å². The van der Waals surface area contributed by atoms with E-state index >= 15 is 0 Å². The molecule has 0 amide bonds. The fourth-order valence-corrected chi connectivity index (χ4v) is 3.06. The van der Waals surface area contributed by atoms with E-state index in [2.05, 4.69) is 14.9 Å². The van der Waals surface area contributed by atoms with Crippen LogP contribution in [0.4, 0.5) is 0 Å². The lowest BCUT2D eigenvalue weighted by molar-refractivity contribution is 0.0689. The van der Waals surface area contributed by atoms with Gasteiger partial charge in [-0.15, -0.1) is 0 Å². The third kappa shape index (κ3) is 4.81. The van der Waals surface area contributed by atoms with Crippen molar-refractivity contribution >= 4 is 29.2 Å². The van der Waals surface area contributed by atoms with Crippen LogP contribution in [0.5, 0.6) is 5.75 Å².